The molecule has 0 saturated carbocycles. The normalized spacial score (nSPS) is 19.4. The third-order valence-electron chi connectivity index (χ3n) is 3.90. The first-order valence-electron chi connectivity index (χ1n) is 6.79. The van der Waals surface area contributed by atoms with Crippen LogP contribution in [-0.4, -0.2) is 35.3 Å². The van der Waals surface area contributed by atoms with E-state index in [1.54, 1.807) is 30.9 Å². The van der Waals surface area contributed by atoms with Crippen molar-refractivity contribution in [1.29, 1.82) is 0 Å². The Kier molecular flexibility index (Phi) is 3.70. The largest absolute Gasteiger partial charge is 0.399 e. The fourth-order valence-electron chi connectivity index (χ4n) is 2.49. The summed E-state index contributed by atoms with van der Waals surface area (Å²) in [4.78, 5) is 26.2. The third-order valence-corrected chi connectivity index (χ3v) is 3.90. The van der Waals surface area contributed by atoms with E-state index in [0.29, 0.717) is 18.8 Å². The van der Waals surface area contributed by atoms with Crippen molar-refractivity contribution in [2.24, 2.45) is 0 Å². The van der Waals surface area contributed by atoms with Crippen molar-refractivity contribution in [2.75, 3.05) is 18.8 Å². The molecular formula is C15H21N3O2. The van der Waals surface area contributed by atoms with Gasteiger partial charge in [0, 0.05) is 18.8 Å². The maximum atomic E-state index is 12.7. The molecule has 1 fully saturated rings. The standard InChI is InChI=1S/C15H21N3O2/c1-10(11-5-4-6-12(16)9-11)13(19)18-8-7-17-14(20)15(18,2)3/h4-6,9-10H,7-8,16H2,1-3H3,(H,17,20). The summed E-state index contributed by atoms with van der Waals surface area (Å²) >= 11 is 0. The number of anilines is 1. The minimum absolute atomic E-state index is 0.0459. The molecule has 1 saturated heterocycles. The van der Waals surface area contributed by atoms with Crippen molar-refractivity contribution in [3.05, 3.63) is 29.8 Å². The number of amides is 2. The first-order chi connectivity index (χ1) is 9.34. The van der Waals surface area contributed by atoms with Crippen molar-refractivity contribution in [3.8, 4) is 0 Å². The van der Waals surface area contributed by atoms with Crippen LogP contribution in [0.15, 0.2) is 24.3 Å². The van der Waals surface area contributed by atoms with Crippen molar-refractivity contribution in [2.45, 2.75) is 32.2 Å². The van der Waals surface area contributed by atoms with E-state index in [1.807, 2.05) is 19.1 Å². The van der Waals surface area contributed by atoms with Crippen LogP contribution in [-0.2, 0) is 9.59 Å². The van der Waals surface area contributed by atoms with Gasteiger partial charge in [0.05, 0.1) is 5.92 Å². The van der Waals surface area contributed by atoms with Gasteiger partial charge in [-0.15, -0.1) is 0 Å². The first kappa shape index (κ1) is 14.4. The fourth-order valence-corrected chi connectivity index (χ4v) is 2.49. The molecule has 5 heteroatoms. The van der Waals surface area contributed by atoms with Gasteiger partial charge in [0.1, 0.15) is 5.54 Å². The summed E-state index contributed by atoms with van der Waals surface area (Å²) in [7, 11) is 0. The lowest BCUT2D eigenvalue weighted by atomic mass is 9.93. The molecule has 0 bridgehead atoms. The topological polar surface area (TPSA) is 75.4 Å². The fraction of sp³-hybridized carbons (Fsp3) is 0.467. The van der Waals surface area contributed by atoms with Gasteiger partial charge in [-0.25, -0.2) is 0 Å². The number of benzene rings is 1. The Morgan fingerprint density at radius 1 is 1.45 bits per heavy atom. The molecule has 2 rings (SSSR count). The number of piperazine rings is 1. The minimum Gasteiger partial charge on any atom is -0.399 e. The molecule has 2 amide bonds. The predicted molar refractivity (Wildman–Crippen MR) is 78.1 cm³/mol. The van der Waals surface area contributed by atoms with Crippen molar-refractivity contribution < 1.29 is 9.59 Å². The SMILES string of the molecule is CC(C(=O)N1CCNC(=O)C1(C)C)c1cccc(N)c1. The molecule has 108 valence electrons. The molecule has 0 aromatic heterocycles. The van der Waals surface area contributed by atoms with Crippen LogP contribution in [0, 0.1) is 0 Å². The van der Waals surface area contributed by atoms with Gasteiger partial charge in [0.25, 0.3) is 0 Å². The average Bonchev–Trinajstić information content (AvgIpc) is 2.40. The molecule has 1 aliphatic rings. The highest BCUT2D eigenvalue weighted by atomic mass is 16.2. The summed E-state index contributed by atoms with van der Waals surface area (Å²) in [5.74, 6) is -0.476. The lowest BCUT2D eigenvalue weighted by Gasteiger charge is -2.42. The highest BCUT2D eigenvalue weighted by Gasteiger charge is 2.41. The van der Waals surface area contributed by atoms with E-state index in [4.69, 9.17) is 5.73 Å². The molecule has 1 aromatic carbocycles. The molecule has 1 heterocycles. The van der Waals surface area contributed by atoms with Gasteiger partial charge in [-0.05, 0) is 38.5 Å². The number of carbonyl (C=O) groups excluding carboxylic acids is 2. The number of nitrogens with one attached hydrogen (secondary N) is 1. The highest BCUT2D eigenvalue weighted by molar-refractivity contribution is 5.94. The van der Waals surface area contributed by atoms with Crippen LogP contribution in [0.2, 0.25) is 0 Å². The van der Waals surface area contributed by atoms with Crippen molar-refractivity contribution in [3.63, 3.8) is 0 Å². The van der Waals surface area contributed by atoms with Gasteiger partial charge in [-0.1, -0.05) is 12.1 Å². The van der Waals surface area contributed by atoms with Crippen LogP contribution in [0.4, 0.5) is 5.69 Å². The summed E-state index contributed by atoms with van der Waals surface area (Å²) in [6, 6.07) is 7.32. The second-order valence-electron chi connectivity index (χ2n) is 5.70. The molecule has 1 unspecified atom stereocenters. The van der Waals surface area contributed by atoms with Crippen LogP contribution < -0.4 is 11.1 Å². The van der Waals surface area contributed by atoms with Crippen LogP contribution in [0.25, 0.3) is 0 Å². The molecule has 1 aromatic rings. The zero-order valence-corrected chi connectivity index (χ0v) is 12.1. The number of nitrogens with two attached hydrogens (primary N) is 1. The molecule has 5 nitrogen and oxygen atoms in total. The molecule has 3 N–H and O–H groups in total. The van der Waals surface area contributed by atoms with E-state index < -0.39 is 5.54 Å². The smallest absolute Gasteiger partial charge is 0.245 e. The summed E-state index contributed by atoms with van der Waals surface area (Å²) < 4.78 is 0. The number of rotatable bonds is 2. The third kappa shape index (κ3) is 2.48. The maximum absolute atomic E-state index is 12.7. The van der Waals surface area contributed by atoms with Gasteiger partial charge in [-0.2, -0.15) is 0 Å². The Labute approximate surface area is 119 Å². The summed E-state index contributed by atoms with van der Waals surface area (Å²) in [5, 5.41) is 2.79. The minimum atomic E-state index is -0.816. The van der Waals surface area contributed by atoms with E-state index in [1.165, 1.54) is 0 Å². The molecule has 0 spiro atoms. The van der Waals surface area contributed by atoms with Crippen LogP contribution >= 0.6 is 0 Å². The number of nitrogens with zero attached hydrogens (tertiary/aromatic N) is 1. The molecule has 1 aliphatic heterocycles. The molecule has 1 atom stereocenters. The Bertz CT molecular complexity index is 540. The Morgan fingerprint density at radius 2 is 2.15 bits per heavy atom. The van der Waals surface area contributed by atoms with Gasteiger partial charge < -0.3 is 16.0 Å². The Morgan fingerprint density at radius 3 is 2.80 bits per heavy atom. The Balaban J connectivity index is 2.24. The second kappa shape index (κ2) is 5.15. The molecular weight excluding hydrogens is 254 g/mol. The van der Waals surface area contributed by atoms with E-state index in [0.717, 1.165) is 5.56 Å². The quantitative estimate of drug-likeness (QED) is 0.794. The van der Waals surface area contributed by atoms with E-state index >= 15 is 0 Å². The van der Waals surface area contributed by atoms with E-state index in [2.05, 4.69) is 5.32 Å². The monoisotopic (exact) mass is 275 g/mol. The Hall–Kier alpha value is -2.04. The van der Waals surface area contributed by atoms with E-state index in [-0.39, 0.29) is 17.7 Å². The van der Waals surface area contributed by atoms with Crippen LogP contribution in [0.5, 0.6) is 0 Å². The predicted octanol–water partition coefficient (Wildman–Crippen LogP) is 1.11. The molecule has 0 aliphatic carbocycles. The van der Waals surface area contributed by atoms with Gasteiger partial charge in [0.15, 0.2) is 0 Å². The molecule has 20 heavy (non-hydrogen) atoms. The van der Waals surface area contributed by atoms with Gasteiger partial charge in [-0.3, -0.25) is 9.59 Å². The summed E-state index contributed by atoms with van der Waals surface area (Å²) in [6.07, 6.45) is 0. The zero-order valence-electron chi connectivity index (χ0n) is 12.1. The first-order valence-corrected chi connectivity index (χ1v) is 6.79. The van der Waals surface area contributed by atoms with Crippen LogP contribution in [0.1, 0.15) is 32.3 Å². The van der Waals surface area contributed by atoms with Gasteiger partial charge >= 0.3 is 0 Å². The van der Waals surface area contributed by atoms with Crippen LogP contribution in [0.3, 0.4) is 0 Å². The lowest BCUT2D eigenvalue weighted by molar-refractivity contribution is -0.149. The number of hydrogen-bond acceptors (Lipinski definition) is 3. The van der Waals surface area contributed by atoms with E-state index in [9.17, 15) is 9.59 Å². The highest BCUT2D eigenvalue weighted by Crippen LogP contribution is 2.25. The second-order valence-corrected chi connectivity index (χ2v) is 5.70. The number of nitrogen functional groups attached to an aromatic ring is 1. The maximum Gasteiger partial charge on any atom is 0.245 e. The zero-order chi connectivity index (χ0) is 14.9. The van der Waals surface area contributed by atoms with Gasteiger partial charge in [0.2, 0.25) is 11.8 Å². The number of hydrogen-bond donors (Lipinski definition) is 2. The summed E-state index contributed by atoms with van der Waals surface area (Å²) in [5.41, 5.74) is 6.45. The lowest BCUT2D eigenvalue weighted by Crippen LogP contribution is -2.64. The number of carbonyl (C=O) groups is 2. The van der Waals surface area contributed by atoms with Crippen molar-refractivity contribution in [1.82, 2.24) is 10.2 Å². The average molecular weight is 275 g/mol. The van der Waals surface area contributed by atoms with Crippen molar-refractivity contribution >= 4 is 17.5 Å². The molecule has 0 radical (unpaired) electrons. The summed E-state index contributed by atoms with van der Waals surface area (Å²) in [6.45, 7) is 6.42.